The fourth-order valence-electron chi connectivity index (χ4n) is 2.95. The Morgan fingerprint density at radius 3 is 2.52 bits per heavy atom. The highest BCUT2D eigenvalue weighted by atomic mass is 35.5. The average Bonchev–Trinajstić information content (AvgIpc) is 3.07. The SMILES string of the molecule is CCN(CC)CCOC1CCN(C(=O)C(N)c2ccccc2)C1.Cl.Cl. The number of nitrogens with zero attached hydrogens (tertiary/aromatic N) is 2. The summed E-state index contributed by atoms with van der Waals surface area (Å²) in [7, 11) is 0. The maximum absolute atomic E-state index is 12.5. The van der Waals surface area contributed by atoms with Crippen LogP contribution in [0, 0.1) is 0 Å². The van der Waals surface area contributed by atoms with Crippen molar-refractivity contribution >= 4 is 30.7 Å². The Kier molecular flexibility index (Phi) is 12.1. The lowest BCUT2D eigenvalue weighted by molar-refractivity contribution is -0.132. The molecule has 2 unspecified atom stereocenters. The molecule has 1 aromatic carbocycles. The van der Waals surface area contributed by atoms with Crippen molar-refractivity contribution in [3.63, 3.8) is 0 Å². The van der Waals surface area contributed by atoms with Crippen LogP contribution < -0.4 is 5.73 Å². The summed E-state index contributed by atoms with van der Waals surface area (Å²) in [5.74, 6) is -0.00829. The van der Waals surface area contributed by atoms with Gasteiger partial charge in [0.1, 0.15) is 6.04 Å². The average molecular weight is 392 g/mol. The van der Waals surface area contributed by atoms with Crippen LogP contribution in [0.5, 0.6) is 0 Å². The van der Waals surface area contributed by atoms with Gasteiger partial charge in [0.2, 0.25) is 5.91 Å². The molecule has 0 aromatic heterocycles. The summed E-state index contributed by atoms with van der Waals surface area (Å²) in [6.07, 6.45) is 1.03. The third-order valence-corrected chi connectivity index (χ3v) is 4.54. The fourth-order valence-corrected chi connectivity index (χ4v) is 2.95. The molecule has 1 saturated heterocycles. The molecule has 7 heteroatoms. The van der Waals surface area contributed by atoms with Crippen molar-refractivity contribution in [2.24, 2.45) is 5.73 Å². The number of hydrogen-bond donors (Lipinski definition) is 1. The lowest BCUT2D eigenvalue weighted by Gasteiger charge is -2.22. The first kappa shape index (κ1) is 24.1. The van der Waals surface area contributed by atoms with Gasteiger partial charge in [-0.25, -0.2) is 0 Å². The van der Waals surface area contributed by atoms with Crippen LogP contribution in [0.4, 0.5) is 0 Å². The highest BCUT2D eigenvalue weighted by Crippen LogP contribution is 2.19. The molecule has 1 heterocycles. The van der Waals surface area contributed by atoms with Gasteiger partial charge in [-0.2, -0.15) is 0 Å². The maximum atomic E-state index is 12.5. The van der Waals surface area contributed by atoms with Crippen LogP contribution >= 0.6 is 24.8 Å². The predicted molar refractivity (Wildman–Crippen MR) is 107 cm³/mol. The van der Waals surface area contributed by atoms with Gasteiger partial charge in [-0.3, -0.25) is 4.79 Å². The van der Waals surface area contributed by atoms with Crippen molar-refractivity contribution < 1.29 is 9.53 Å². The van der Waals surface area contributed by atoms with E-state index in [9.17, 15) is 4.79 Å². The van der Waals surface area contributed by atoms with E-state index in [-0.39, 0.29) is 36.8 Å². The number of likely N-dealkylation sites (N-methyl/N-ethyl adjacent to an activating group) is 1. The minimum Gasteiger partial charge on any atom is -0.375 e. The molecule has 2 atom stereocenters. The molecule has 1 amide bonds. The zero-order valence-corrected chi connectivity index (χ0v) is 16.7. The quantitative estimate of drug-likeness (QED) is 0.739. The number of nitrogens with two attached hydrogens (primary N) is 1. The molecule has 0 radical (unpaired) electrons. The zero-order chi connectivity index (χ0) is 16.7. The minimum atomic E-state index is -0.578. The monoisotopic (exact) mass is 391 g/mol. The third kappa shape index (κ3) is 7.12. The Morgan fingerprint density at radius 2 is 1.92 bits per heavy atom. The summed E-state index contributed by atoms with van der Waals surface area (Å²) < 4.78 is 5.93. The normalized spacial score (nSPS) is 17.8. The standard InChI is InChI=1S/C18H29N3O2.2ClH/c1-3-20(4-2)12-13-23-16-10-11-21(14-16)18(22)17(19)15-8-6-5-7-9-15;;/h5-9,16-17H,3-4,10-14,19H2,1-2H3;2*1H. The second kappa shape index (κ2) is 12.5. The molecule has 1 aliphatic rings. The van der Waals surface area contributed by atoms with Gasteiger partial charge in [0.25, 0.3) is 0 Å². The van der Waals surface area contributed by atoms with Crippen LogP contribution in [0.2, 0.25) is 0 Å². The van der Waals surface area contributed by atoms with Gasteiger partial charge in [-0.1, -0.05) is 44.2 Å². The van der Waals surface area contributed by atoms with E-state index >= 15 is 0 Å². The largest absolute Gasteiger partial charge is 0.375 e. The second-order valence-corrected chi connectivity index (χ2v) is 5.98. The Balaban J connectivity index is 0.00000288. The van der Waals surface area contributed by atoms with Gasteiger partial charge in [-0.05, 0) is 25.1 Å². The number of amides is 1. The number of carbonyl (C=O) groups is 1. The van der Waals surface area contributed by atoms with Crippen molar-refractivity contribution in [2.75, 3.05) is 39.3 Å². The van der Waals surface area contributed by atoms with E-state index in [1.807, 2.05) is 35.2 Å². The number of halogens is 2. The molecule has 2 rings (SSSR count). The zero-order valence-electron chi connectivity index (χ0n) is 15.1. The molecule has 1 fully saturated rings. The van der Waals surface area contributed by atoms with E-state index in [1.165, 1.54) is 0 Å². The van der Waals surface area contributed by atoms with Crippen LogP contribution in [0.25, 0.3) is 0 Å². The Labute approximate surface area is 163 Å². The third-order valence-electron chi connectivity index (χ3n) is 4.54. The number of likely N-dealkylation sites (tertiary alicyclic amines) is 1. The first-order chi connectivity index (χ1) is 11.2. The number of carbonyl (C=O) groups excluding carboxylic acids is 1. The van der Waals surface area contributed by atoms with Crippen molar-refractivity contribution in [1.82, 2.24) is 9.80 Å². The van der Waals surface area contributed by atoms with Crippen molar-refractivity contribution in [3.05, 3.63) is 35.9 Å². The van der Waals surface area contributed by atoms with Gasteiger partial charge < -0.3 is 20.3 Å². The van der Waals surface area contributed by atoms with Crippen molar-refractivity contribution in [3.8, 4) is 0 Å². The van der Waals surface area contributed by atoms with Crippen LogP contribution in [-0.4, -0.2) is 61.1 Å². The summed E-state index contributed by atoms with van der Waals surface area (Å²) in [5.41, 5.74) is 6.97. The van der Waals surface area contributed by atoms with Gasteiger partial charge in [0, 0.05) is 19.6 Å². The van der Waals surface area contributed by atoms with Crippen molar-refractivity contribution in [1.29, 1.82) is 0 Å². The van der Waals surface area contributed by atoms with Gasteiger partial charge in [-0.15, -0.1) is 24.8 Å². The molecule has 144 valence electrons. The molecule has 0 saturated carbocycles. The number of ether oxygens (including phenoxy) is 1. The number of rotatable bonds is 8. The smallest absolute Gasteiger partial charge is 0.244 e. The molecule has 25 heavy (non-hydrogen) atoms. The Morgan fingerprint density at radius 1 is 1.28 bits per heavy atom. The van der Waals surface area contributed by atoms with E-state index in [4.69, 9.17) is 10.5 Å². The first-order valence-corrected chi connectivity index (χ1v) is 8.59. The molecule has 2 N–H and O–H groups in total. The summed E-state index contributed by atoms with van der Waals surface area (Å²) in [6.45, 7) is 9.45. The Hall–Kier alpha value is -0.850. The molecule has 5 nitrogen and oxygen atoms in total. The first-order valence-electron chi connectivity index (χ1n) is 8.59. The molecule has 1 aromatic rings. The molecule has 0 spiro atoms. The van der Waals surface area contributed by atoms with E-state index in [0.717, 1.165) is 44.8 Å². The summed E-state index contributed by atoms with van der Waals surface area (Å²) in [4.78, 5) is 16.7. The molecular formula is C18H31Cl2N3O2. The molecular weight excluding hydrogens is 361 g/mol. The van der Waals surface area contributed by atoms with Gasteiger partial charge >= 0.3 is 0 Å². The van der Waals surface area contributed by atoms with Gasteiger partial charge in [0.05, 0.1) is 12.7 Å². The van der Waals surface area contributed by atoms with Crippen LogP contribution in [-0.2, 0) is 9.53 Å². The van der Waals surface area contributed by atoms with Crippen LogP contribution in [0.3, 0.4) is 0 Å². The molecule has 1 aliphatic heterocycles. The summed E-state index contributed by atoms with van der Waals surface area (Å²) >= 11 is 0. The van der Waals surface area contributed by atoms with E-state index < -0.39 is 6.04 Å². The lowest BCUT2D eigenvalue weighted by atomic mass is 10.1. The van der Waals surface area contributed by atoms with Gasteiger partial charge in [0.15, 0.2) is 0 Å². The minimum absolute atomic E-state index is 0. The van der Waals surface area contributed by atoms with Crippen LogP contribution in [0.15, 0.2) is 30.3 Å². The Bertz CT molecular complexity index is 486. The number of benzene rings is 1. The highest BCUT2D eigenvalue weighted by Gasteiger charge is 2.30. The van der Waals surface area contributed by atoms with Crippen LogP contribution in [0.1, 0.15) is 31.9 Å². The van der Waals surface area contributed by atoms with E-state index in [1.54, 1.807) is 0 Å². The second-order valence-electron chi connectivity index (χ2n) is 5.98. The predicted octanol–water partition coefficient (Wildman–Crippen LogP) is 2.49. The molecule has 0 aliphatic carbocycles. The van der Waals surface area contributed by atoms with Crippen molar-refractivity contribution in [2.45, 2.75) is 32.4 Å². The van der Waals surface area contributed by atoms with E-state index in [0.29, 0.717) is 6.54 Å². The topological polar surface area (TPSA) is 58.8 Å². The summed E-state index contributed by atoms with van der Waals surface area (Å²) in [6, 6.07) is 8.96. The number of hydrogen-bond acceptors (Lipinski definition) is 4. The maximum Gasteiger partial charge on any atom is 0.244 e. The lowest BCUT2D eigenvalue weighted by Crippen LogP contribution is -2.38. The molecule has 0 bridgehead atoms. The fraction of sp³-hybridized carbons (Fsp3) is 0.611. The summed E-state index contributed by atoms with van der Waals surface area (Å²) in [5, 5.41) is 0. The van der Waals surface area contributed by atoms with E-state index in [2.05, 4.69) is 18.7 Å². The highest BCUT2D eigenvalue weighted by molar-refractivity contribution is 5.85.